The Hall–Kier alpha value is -4.14. The third-order valence-corrected chi connectivity index (χ3v) is 6.07. The van der Waals surface area contributed by atoms with Crippen molar-refractivity contribution in [3.8, 4) is 0 Å². The van der Waals surface area contributed by atoms with Crippen LogP contribution in [0.15, 0.2) is 73.1 Å². The zero-order valence-electron chi connectivity index (χ0n) is 19.5. The highest BCUT2D eigenvalue weighted by Crippen LogP contribution is 2.30. The van der Waals surface area contributed by atoms with Gasteiger partial charge in [-0.15, -0.1) is 0 Å². The lowest BCUT2D eigenvalue weighted by molar-refractivity contribution is -0.127. The van der Waals surface area contributed by atoms with Crippen molar-refractivity contribution in [2.75, 3.05) is 5.32 Å². The molecule has 0 atom stereocenters. The molecule has 0 saturated heterocycles. The highest BCUT2D eigenvalue weighted by Gasteiger charge is 2.42. The fourth-order valence-corrected chi connectivity index (χ4v) is 4.28. The second-order valence-corrected chi connectivity index (χ2v) is 8.72. The van der Waals surface area contributed by atoms with Crippen LogP contribution < -0.4 is 21.3 Å². The summed E-state index contributed by atoms with van der Waals surface area (Å²) >= 11 is 0. The van der Waals surface area contributed by atoms with Crippen molar-refractivity contribution in [2.45, 2.75) is 50.9 Å². The van der Waals surface area contributed by atoms with Crippen LogP contribution in [0.5, 0.6) is 0 Å². The number of nitrogens with zero attached hydrogens (tertiary/aromatic N) is 2. The van der Waals surface area contributed by atoms with Crippen LogP contribution in [0.25, 0.3) is 0 Å². The molecule has 0 aliphatic heterocycles. The van der Waals surface area contributed by atoms with Crippen LogP contribution in [0, 0.1) is 0 Å². The summed E-state index contributed by atoms with van der Waals surface area (Å²) in [6, 6.07) is 18.4. The Morgan fingerprint density at radius 3 is 2.37 bits per heavy atom. The van der Waals surface area contributed by atoms with Crippen LogP contribution in [-0.4, -0.2) is 33.2 Å². The van der Waals surface area contributed by atoms with Gasteiger partial charge in [0.1, 0.15) is 12.1 Å². The smallest absolute Gasteiger partial charge is 0.315 e. The first kappa shape index (κ1) is 24.0. The van der Waals surface area contributed by atoms with E-state index >= 15 is 0 Å². The molecule has 1 aromatic heterocycles. The first-order chi connectivity index (χ1) is 17.0. The van der Waals surface area contributed by atoms with Gasteiger partial charge in [0.25, 0.3) is 0 Å². The maximum Gasteiger partial charge on any atom is 0.315 e. The topological polar surface area (TPSA) is 117 Å². The van der Waals surface area contributed by atoms with Gasteiger partial charge in [-0.05, 0) is 42.2 Å². The molecular formula is C26H30N6O3. The van der Waals surface area contributed by atoms with Gasteiger partial charge >= 0.3 is 6.03 Å². The van der Waals surface area contributed by atoms with E-state index < -0.39 is 5.54 Å². The molecule has 9 heteroatoms. The molecule has 35 heavy (non-hydrogen) atoms. The molecule has 0 unspecified atom stereocenters. The number of hydrogen-bond donors (Lipinski definition) is 4. The van der Waals surface area contributed by atoms with Crippen molar-refractivity contribution in [1.82, 2.24) is 25.7 Å². The molecule has 1 heterocycles. The standard InChI is InChI=1S/C26H30N6O3/c33-23(19-32-15-7-14-29-32)30-22-11-6-10-21(16-22)18-27-24(34)26(12-4-5-13-26)31-25(35)28-17-20-8-2-1-3-9-20/h1-3,6-11,14-16H,4-5,12-13,17-19H2,(H,27,34)(H,30,33)(H2,28,31,35). The van der Waals surface area contributed by atoms with Crippen molar-refractivity contribution < 1.29 is 14.4 Å². The van der Waals surface area contributed by atoms with E-state index in [0.717, 1.165) is 24.0 Å². The van der Waals surface area contributed by atoms with Gasteiger partial charge in [0.05, 0.1) is 0 Å². The largest absolute Gasteiger partial charge is 0.350 e. The van der Waals surface area contributed by atoms with E-state index in [1.54, 1.807) is 29.2 Å². The number of urea groups is 1. The summed E-state index contributed by atoms with van der Waals surface area (Å²) in [5.41, 5.74) is 1.56. The molecule has 9 nitrogen and oxygen atoms in total. The molecule has 1 fully saturated rings. The van der Waals surface area contributed by atoms with E-state index in [9.17, 15) is 14.4 Å². The minimum Gasteiger partial charge on any atom is -0.350 e. The Bertz CT molecular complexity index is 1140. The van der Waals surface area contributed by atoms with E-state index in [4.69, 9.17) is 0 Å². The fraction of sp³-hybridized carbons (Fsp3) is 0.308. The van der Waals surface area contributed by atoms with Crippen LogP contribution in [-0.2, 0) is 29.2 Å². The minimum absolute atomic E-state index is 0.120. The molecule has 3 aromatic rings. The van der Waals surface area contributed by atoms with Gasteiger partial charge in [-0.1, -0.05) is 55.3 Å². The Labute approximate surface area is 204 Å². The van der Waals surface area contributed by atoms with Crippen LogP contribution in [0.4, 0.5) is 10.5 Å². The molecule has 0 spiro atoms. The Morgan fingerprint density at radius 2 is 1.63 bits per heavy atom. The summed E-state index contributed by atoms with van der Waals surface area (Å²) in [5, 5.41) is 15.6. The lowest BCUT2D eigenvalue weighted by Crippen LogP contribution is -2.59. The number of carbonyl (C=O) groups is 3. The molecule has 4 N–H and O–H groups in total. The summed E-state index contributed by atoms with van der Waals surface area (Å²) in [4.78, 5) is 38.0. The van der Waals surface area contributed by atoms with E-state index in [0.29, 0.717) is 25.1 Å². The fourth-order valence-electron chi connectivity index (χ4n) is 4.28. The van der Waals surface area contributed by atoms with Crippen molar-refractivity contribution in [2.24, 2.45) is 0 Å². The molecule has 4 rings (SSSR count). The first-order valence-electron chi connectivity index (χ1n) is 11.8. The number of hydrogen-bond acceptors (Lipinski definition) is 4. The average Bonchev–Trinajstić information content (AvgIpc) is 3.55. The highest BCUT2D eigenvalue weighted by molar-refractivity contribution is 5.92. The third-order valence-electron chi connectivity index (χ3n) is 6.07. The Morgan fingerprint density at radius 1 is 0.886 bits per heavy atom. The summed E-state index contributed by atoms with van der Waals surface area (Å²) in [6.45, 7) is 0.800. The zero-order chi connectivity index (χ0) is 24.5. The lowest BCUT2D eigenvalue weighted by atomic mass is 9.96. The van der Waals surface area contributed by atoms with Gasteiger partial charge in [-0.25, -0.2) is 4.79 Å². The number of aromatic nitrogens is 2. The van der Waals surface area contributed by atoms with Crippen LogP contribution in [0.2, 0.25) is 0 Å². The van der Waals surface area contributed by atoms with E-state index in [2.05, 4.69) is 26.4 Å². The SMILES string of the molecule is O=C(Cn1cccn1)Nc1cccc(CNC(=O)C2(NC(=O)NCc3ccccc3)CCCC2)c1. The molecule has 0 radical (unpaired) electrons. The quantitative estimate of drug-likeness (QED) is 0.381. The summed E-state index contributed by atoms with van der Waals surface area (Å²) < 4.78 is 1.55. The van der Waals surface area contributed by atoms with Crippen LogP contribution in [0.3, 0.4) is 0 Å². The van der Waals surface area contributed by atoms with Crippen molar-refractivity contribution in [3.05, 3.63) is 84.2 Å². The third kappa shape index (κ3) is 6.69. The first-order valence-corrected chi connectivity index (χ1v) is 11.8. The van der Waals surface area contributed by atoms with Crippen molar-refractivity contribution in [3.63, 3.8) is 0 Å². The molecule has 1 aliphatic rings. The lowest BCUT2D eigenvalue weighted by Gasteiger charge is -2.29. The van der Waals surface area contributed by atoms with E-state index in [1.807, 2.05) is 48.5 Å². The molecule has 1 saturated carbocycles. The van der Waals surface area contributed by atoms with E-state index in [1.165, 1.54) is 0 Å². The van der Waals surface area contributed by atoms with Gasteiger partial charge in [0, 0.05) is 31.2 Å². The van der Waals surface area contributed by atoms with Gasteiger partial charge in [0.2, 0.25) is 11.8 Å². The average molecular weight is 475 g/mol. The molecule has 182 valence electrons. The Kier molecular flexibility index (Phi) is 7.77. The van der Waals surface area contributed by atoms with Gasteiger partial charge < -0.3 is 21.3 Å². The second kappa shape index (κ2) is 11.3. The van der Waals surface area contributed by atoms with Crippen molar-refractivity contribution >= 4 is 23.5 Å². The highest BCUT2D eigenvalue weighted by atomic mass is 16.2. The van der Waals surface area contributed by atoms with Crippen LogP contribution in [0.1, 0.15) is 36.8 Å². The number of carbonyl (C=O) groups excluding carboxylic acids is 3. The predicted octanol–water partition coefficient (Wildman–Crippen LogP) is 2.95. The van der Waals surface area contributed by atoms with Gasteiger partial charge in [-0.2, -0.15) is 5.10 Å². The molecule has 0 bridgehead atoms. The number of rotatable bonds is 9. The Balaban J connectivity index is 1.30. The normalized spacial score (nSPS) is 14.2. The monoisotopic (exact) mass is 474 g/mol. The zero-order valence-corrected chi connectivity index (χ0v) is 19.5. The number of anilines is 1. The predicted molar refractivity (Wildman–Crippen MR) is 132 cm³/mol. The maximum atomic E-state index is 13.2. The second-order valence-electron chi connectivity index (χ2n) is 8.72. The number of nitrogens with one attached hydrogen (secondary N) is 4. The molecule has 1 aliphatic carbocycles. The van der Waals surface area contributed by atoms with Gasteiger partial charge in [0.15, 0.2) is 0 Å². The van der Waals surface area contributed by atoms with E-state index in [-0.39, 0.29) is 30.9 Å². The van der Waals surface area contributed by atoms with Gasteiger partial charge in [-0.3, -0.25) is 14.3 Å². The minimum atomic E-state index is -0.920. The molecule has 2 aromatic carbocycles. The van der Waals surface area contributed by atoms with Crippen molar-refractivity contribution in [1.29, 1.82) is 0 Å². The summed E-state index contributed by atoms with van der Waals surface area (Å²) in [7, 11) is 0. The number of benzene rings is 2. The maximum absolute atomic E-state index is 13.2. The number of amides is 4. The molecular weight excluding hydrogens is 444 g/mol. The summed E-state index contributed by atoms with van der Waals surface area (Å²) in [5.74, 6) is -0.386. The molecule has 4 amide bonds. The summed E-state index contributed by atoms with van der Waals surface area (Å²) in [6.07, 6.45) is 6.30. The van der Waals surface area contributed by atoms with Crippen LogP contribution >= 0.6 is 0 Å².